The molecule has 0 aromatic heterocycles. The number of ether oxygens (including phenoxy) is 1. The number of rotatable bonds is 4. The topological polar surface area (TPSA) is 54.5 Å². The van der Waals surface area contributed by atoms with Gasteiger partial charge in [-0.15, -0.1) is 0 Å². The van der Waals surface area contributed by atoms with Gasteiger partial charge in [0.15, 0.2) is 0 Å². The van der Waals surface area contributed by atoms with Crippen LogP contribution in [0.25, 0.3) is 0 Å². The van der Waals surface area contributed by atoms with Crippen LogP contribution in [-0.2, 0) is 24.3 Å². The first-order valence-corrected chi connectivity index (χ1v) is 14.6. The average Bonchev–Trinajstić information content (AvgIpc) is 3.40. The van der Waals surface area contributed by atoms with E-state index in [1.54, 1.807) is 0 Å². The van der Waals surface area contributed by atoms with Crippen molar-refractivity contribution >= 4 is 24.2 Å². The highest BCUT2D eigenvalue weighted by molar-refractivity contribution is 6.62. The molecule has 1 spiro atoms. The van der Waals surface area contributed by atoms with E-state index >= 15 is 0 Å². The van der Waals surface area contributed by atoms with Crippen molar-refractivity contribution < 1.29 is 23.2 Å². The van der Waals surface area contributed by atoms with Crippen LogP contribution in [0, 0.1) is 0 Å². The number of hydrogen-bond donors (Lipinski definition) is 0. The normalized spacial score (nSPS) is 34.6. The minimum absolute atomic E-state index is 0.163. The second kappa shape index (κ2) is 8.74. The molecule has 7 rings (SSSR count). The van der Waals surface area contributed by atoms with Crippen LogP contribution in [0.1, 0.15) is 65.4 Å². The van der Waals surface area contributed by atoms with Gasteiger partial charge in [0.1, 0.15) is 6.17 Å². The van der Waals surface area contributed by atoms with Gasteiger partial charge in [0, 0.05) is 30.9 Å². The fraction of sp³-hybridized carbons (Fsp3) is 0.759. The van der Waals surface area contributed by atoms with E-state index in [4.69, 9.17) is 14.0 Å². The molecule has 1 atom stereocenters. The maximum atomic E-state index is 14.4. The summed E-state index contributed by atoms with van der Waals surface area (Å²) in [6, 6.07) is 7.49. The molecule has 5 fully saturated rings. The Labute approximate surface area is 226 Å². The lowest BCUT2D eigenvalue weighted by atomic mass is 9.71. The molecule has 6 aliphatic rings. The highest BCUT2D eigenvalue weighted by Crippen LogP contribution is 2.51. The van der Waals surface area contributed by atoms with Gasteiger partial charge in [0.2, 0.25) is 5.91 Å². The molecule has 1 aromatic rings. The van der Waals surface area contributed by atoms with Gasteiger partial charge in [-0.3, -0.25) is 14.6 Å². The standard InChI is InChI=1S/C29H41BFN3O4/c1-27(2)28(3,4)38-30(37-27)19-5-6-24-25(13-19)34(22-14-21(15-22)33-10-7-20(31)16-33)26(35)29(24)8-11-32(12-9-29)23-17-36-18-23/h5-6,13,20-23H,7-12,14-18H2,1-4H3/t20-,21?,22?/m0/s1. The highest BCUT2D eigenvalue weighted by Gasteiger charge is 2.57. The number of carbonyl (C=O) groups excluding carboxylic acids is 1. The van der Waals surface area contributed by atoms with Crippen LogP contribution in [0.5, 0.6) is 0 Å². The van der Waals surface area contributed by atoms with E-state index in [0.29, 0.717) is 25.0 Å². The van der Waals surface area contributed by atoms with Crippen molar-refractivity contribution in [2.75, 3.05) is 44.3 Å². The Balaban J connectivity index is 1.18. The lowest BCUT2D eigenvalue weighted by molar-refractivity contribution is -0.128. The number of halogens is 1. The molecule has 5 heterocycles. The van der Waals surface area contributed by atoms with Gasteiger partial charge in [-0.2, -0.15) is 0 Å². The summed E-state index contributed by atoms with van der Waals surface area (Å²) in [6.45, 7) is 13.1. The molecule has 9 heteroatoms. The van der Waals surface area contributed by atoms with Crippen molar-refractivity contribution in [3.05, 3.63) is 23.8 Å². The number of likely N-dealkylation sites (tertiary alicyclic amines) is 2. The summed E-state index contributed by atoms with van der Waals surface area (Å²) in [5, 5.41) is 0. The first-order valence-electron chi connectivity index (χ1n) is 14.6. The van der Waals surface area contributed by atoms with E-state index < -0.39 is 29.9 Å². The minimum Gasteiger partial charge on any atom is -0.399 e. The van der Waals surface area contributed by atoms with Crippen molar-refractivity contribution in [3.8, 4) is 0 Å². The number of alkyl halides is 1. The first-order chi connectivity index (χ1) is 18.1. The molecule has 1 aromatic carbocycles. The summed E-state index contributed by atoms with van der Waals surface area (Å²) >= 11 is 0. The van der Waals surface area contributed by atoms with Crippen LogP contribution in [0.3, 0.4) is 0 Å². The second-order valence-electron chi connectivity index (χ2n) is 13.5. The number of anilines is 1. The molecule has 0 unspecified atom stereocenters. The third-order valence-electron chi connectivity index (χ3n) is 10.9. The lowest BCUT2D eigenvalue weighted by Gasteiger charge is -2.47. The van der Waals surface area contributed by atoms with Gasteiger partial charge in [-0.05, 0) is 90.0 Å². The van der Waals surface area contributed by atoms with Crippen LogP contribution in [0.15, 0.2) is 18.2 Å². The van der Waals surface area contributed by atoms with Gasteiger partial charge < -0.3 is 18.9 Å². The first kappa shape index (κ1) is 25.5. The lowest BCUT2D eigenvalue weighted by Crippen LogP contribution is -2.59. The smallest absolute Gasteiger partial charge is 0.399 e. The molecular weight excluding hydrogens is 484 g/mol. The summed E-state index contributed by atoms with van der Waals surface area (Å²) < 4.78 is 32.1. The van der Waals surface area contributed by atoms with E-state index in [1.165, 1.54) is 5.56 Å². The Morgan fingerprint density at radius 3 is 2.18 bits per heavy atom. The highest BCUT2D eigenvalue weighted by atomic mass is 19.1. The fourth-order valence-corrected chi connectivity index (χ4v) is 7.43. The Morgan fingerprint density at radius 1 is 0.921 bits per heavy atom. The molecule has 7 nitrogen and oxygen atoms in total. The van der Waals surface area contributed by atoms with Gasteiger partial charge in [-0.25, -0.2) is 4.39 Å². The number of piperidine rings is 1. The zero-order valence-electron chi connectivity index (χ0n) is 23.2. The zero-order valence-corrected chi connectivity index (χ0v) is 23.2. The zero-order chi connectivity index (χ0) is 26.4. The molecule has 4 saturated heterocycles. The molecule has 0 N–H and O–H groups in total. The number of amides is 1. The Bertz CT molecular complexity index is 1100. The van der Waals surface area contributed by atoms with Gasteiger partial charge in [0.05, 0.1) is 35.9 Å². The third kappa shape index (κ3) is 3.75. The van der Waals surface area contributed by atoms with E-state index in [0.717, 1.165) is 69.7 Å². The molecule has 0 radical (unpaired) electrons. The maximum Gasteiger partial charge on any atom is 0.494 e. The molecule has 38 heavy (non-hydrogen) atoms. The number of fused-ring (bicyclic) bond motifs is 2. The SMILES string of the molecule is CC1(C)OB(c2ccc3c(c2)N(C2CC(N4CC[C@H](F)C4)C2)C(=O)C32CCN(C3COC3)CC2)OC1(C)C. The van der Waals surface area contributed by atoms with E-state index in [-0.39, 0.29) is 11.9 Å². The second-order valence-corrected chi connectivity index (χ2v) is 13.5. The fourth-order valence-electron chi connectivity index (χ4n) is 7.43. The summed E-state index contributed by atoms with van der Waals surface area (Å²) in [4.78, 5) is 21.3. The van der Waals surface area contributed by atoms with Crippen molar-refractivity contribution in [2.45, 2.75) is 101 Å². The van der Waals surface area contributed by atoms with E-state index in [9.17, 15) is 9.18 Å². The molecule has 1 aliphatic carbocycles. The summed E-state index contributed by atoms with van der Waals surface area (Å²) in [5.41, 5.74) is 1.87. The molecule has 5 aliphatic heterocycles. The summed E-state index contributed by atoms with van der Waals surface area (Å²) in [7, 11) is -0.459. The van der Waals surface area contributed by atoms with Gasteiger partial charge in [-0.1, -0.05) is 12.1 Å². The van der Waals surface area contributed by atoms with Gasteiger partial charge in [0.25, 0.3) is 0 Å². The number of benzene rings is 1. The Morgan fingerprint density at radius 2 is 1.61 bits per heavy atom. The molecule has 1 amide bonds. The number of hydrogen-bond acceptors (Lipinski definition) is 6. The minimum atomic E-state index is -0.708. The van der Waals surface area contributed by atoms with Crippen molar-refractivity contribution in [1.82, 2.24) is 9.80 Å². The van der Waals surface area contributed by atoms with E-state index in [1.807, 2.05) is 0 Å². The van der Waals surface area contributed by atoms with E-state index in [2.05, 4.69) is 60.6 Å². The van der Waals surface area contributed by atoms with Crippen LogP contribution in [0.4, 0.5) is 10.1 Å². The van der Waals surface area contributed by atoms with Crippen molar-refractivity contribution in [1.29, 1.82) is 0 Å². The Hall–Kier alpha value is -1.52. The van der Waals surface area contributed by atoms with Crippen LogP contribution < -0.4 is 10.4 Å². The Kier molecular flexibility index (Phi) is 5.85. The molecule has 206 valence electrons. The van der Waals surface area contributed by atoms with Crippen molar-refractivity contribution in [3.63, 3.8) is 0 Å². The average molecular weight is 525 g/mol. The number of carbonyl (C=O) groups is 1. The monoisotopic (exact) mass is 525 g/mol. The quantitative estimate of drug-likeness (QED) is 0.564. The largest absolute Gasteiger partial charge is 0.494 e. The summed E-state index contributed by atoms with van der Waals surface area (Å²) in [6.07, 6.45) is 3.44. The van der Waals surface area contributed by atoms with Crippen LogP contribution >= 0.6 is 0 Å². The molecule has 0 bridgehead atoms. The molecule has 1 saturated carbocycles. The third-order valence-corrected chi connectivity index (χ3v) is 10.9. The van der Waals surface area contributed by atoms with Gasteiger partial charge >= 0.3 is 7.12 Å². The maximum absolute atomic E-state index is 14.4. The number of nitrogens with zero attached hydrogens (tertiary/aromatic N) is 3. The van der Waals surface area contributed by atoms with Crippen LogP contribution in [-0.4, -0.2) is 97.7 Å². The van der Waals surface area contributed by atoms with Crippen LogP contribution in [0.2, 0.25) is 0 Å². The predicted molar refractivity (Wildman–Crippen MR) is 145 cm³/mol. The summed E-state index contributed by atoms with van der Waals surface area (Å²) in [5.74, 6) is 0.260. The van der Waals surface area contributed by atoms with Crippen molar-refractivity contribution in [2.24, 2.45) is 0 Å². The molecular formula is C29H41BFN3O4. The predicted octanol–water partition coefficient (Wildman–Crippen LogP) is 2.64.